The molecular weight excluding hydrogens is 436 g/mol. The summed E-state index contributed by atoms with van der Waals surface area (Å²) in [4.78, 5) is 25.2. The highest BCUT2D eigenvalue weighted by atomic mass is 16.5. The Balaban J connectivity index is 1.32. The fraction of sp³-hybridized carbons (Fsp3) is 0.0323. The average molecular weight is 456 g/mol. The van der Waals surface area contributed by atoms with Crippen LogP contribution in [0.15, 0.2) is 109 Å². The zero-order valence-electron chi connectivity index (χ0n) is 18.7. The lowest BCUT2D eigenvalue weighted by Crippen LogP contribution is -2.19. The molecule has 0 saturated heterocycles. The van der Waals surface area contributed by atoms with Crippen LogP contribution in [0, 0.1) is 0 Å². The lowest BCUT2D eigenvalue weighted by Gasteiger charge is -2.25. The highest BCUT2D eigenvalue weighted by molar-refractivity contribution is 5.92. The first-order valence-corrected chi connectivity index (χ1v) is 11.3. The minimum atomic E-state index is -0.519. The number of benzene rings is 4. The summed E-state index contributed by atoms with van der Waals surface area (Å²) in [5, 5.41) is 0. The van der Waals surface area contributed by atoms with Crippen molar-refractivity contribution in [1.82, 2.24) is 0 Å². The van der Waals surface area contributed by atoms with E-state index in [9.17, 15) is 9.59 Å². The van der Waals surface area contributed by atoms with Crippen molar-refractivity contribution in [2.75, 3.05) is 0 Å². The van der Waals surface area contributed by atoms with Crippen LogP contribution in [0.3, 0.4) is 0 Å². The van der Waals surface area contributed by atoms with Crippen LogP contribution in [0.5, 0.6) is 11.5 Å². The molecule has 0 saturated carbocycles. The second kappa shape index (κ2) is 8.26. The van der Waals surface area contributed by atoms with Gasteiger partial charge in [0.05, 0.1) is 16.5 Å². The number of carbonyl (C=O) groups is 2. The first-order valence-electron chi connectivity index (χ1n) is 11.3. The van der Waals surface area contributed by atoms with Crippen molar-refractivity contribution in [3.05, 3.63) is 143 Å². The molecule has 0 amide bonds. The van der Waals surface area contributed by atoms with Gasteiger partial charge in [0.1, 0.15) is 11.5 Å². The van der Waals surface area contributed by atoms with Crippen LogP contribution in [0.4, 0.5) is 0 Å². The number of ether oxygens (including phenoxy) is 2. The molecule has 4 nitrogen and oxygen atoms in total. The van der Waals surface area contributed by atoms with Gasteiger partial charge in [-0.15, -0.1) is 0 Å². The third-order valence-corrected chi connectivity index (χ3v) is 6.43. The summed E-state index contributed by atoms with van der Waals surface area (Å²) in [6.45, 7) is 0. The van der Waals surface area contributed by atoms with E-state index in [2.05, 4.69) is 24.3 Å². The maximum absolute atomic E-state index is 12.6. The molecule has 0 heterocycles. The predicted molar refractivity (Wildman–Crippen MR) is 135 cm³/mol. The van der Waals surface area contributed by atoms with Gasteiger partial charge < -0.3 is 9.47 Å². The monoisotopic (exact) mass is 456 g/mol. The molecule has 0 fully saturated rings. The predicted octanol–water partition coefficient (Wildman–Crippen LogP) is 6.46. The van der Waals surface area contributed by atoms with Crippen LogP contribution in [0.1, 0.15) is 43.0 Å². The molecule has 0 N–H and O–H groups in total. The Bertz CT molecular complexity index is 1400. The molecule has 2 aliphatic rings. The molecule has 0 bridgehead atoms. The second-order valence-corrected chi connectivity index (χ2v) is 8.54. The van der Waals surface area contributed by atoms with Gasteiger partial charge in [-0.05, 0) is 70.8 Å². The quantitative estimate of drug-likeness (QED) is 0.261. The topological polar surface area (TPSA) is 52.6 Å². The zero-order valence-corrected chi connectivity index (χ0v) is 18.7. The molecule has 0 aliphatic heterocycles. The normalized spacial score (nSPS) is 13.9. The minimum Gasteiger partial charge on any atom is -0.423 e. The maximum atomic E-state index is 12.6. The van der Waals surface area contributed by atoms with E-state index < -0.39 is 17.4 Å². The summed E-state index contributed by atoms with van der Waals surface area (Å²) in [5.74, 6) is 0.162. The molecule has 35 heavy (non-hydrogen) atoms. The van der Waals surface area contributed by atoms with E-state index in [0.717, 1.165) is 22.3 Å². The number of fused-ring (bicyclic) bond motifs is 4. The van der Waals surface area contributed by atoms with Crippen LogP contribution in [-0.2, 0) is 5.41 Å². The SMILES string of the molecule is O=C(Oc1ccc2c(c1)C1(C=C2)C=Cc2ccc(OC(=O)c3ccccc3)cc21)c1ccccc1. The molecule has 0 unspecified atom stereocenters. The first kappa shape index (κ1) is 20.9. The van der Waals surface area contributed by atoms with E-state index in [1.54, 1.807) is 60.7 Å². The summed E-state index contributed by atoms with van der Waals surface area (Å²) >= 11 is 0. The van der Waals surface area contributed by atoms with Crippen LogP contribution in [-0.4, -0.2) is 11.9 Å². The molecule has 4 aromatic rings. The minimum absolute atomic E-state index is 0.400. The van der Waals surface area contributed by atoms with Crippen molar-refractivity contribution >= 4 is 24.1 Å². The molecule has 168 valence electrons. The highest BCUT2D eigenvalue weighted by Crippen LogP contribution is 2.49. The van der Waals surface area contributed by atoms with Crippen molar-refractivity contribution < 1.29 is 19.1 Å². The van der Waals surface area contributed by atoms with Gasteiger partial charge in [-0.1, -0.05) is 72.8 Å². The van der Waals surface area contributed by atoms with Crippen molar-refractivity contribution in [3.63, 3.8) is 0 Å². The molecule has 0 aromatic heterocycles. The Labute approximate surface area is 202 Å². The summed E-state index contributed by atoms with van der Waals surface area (Å²) in [6.07, 6.45) is 8.40. The second-order valence-electron chi connectivity index (χ2n) is 8.54. The van der Waals surface area contributed by atoms with Gasteiger partial charge in [0.2, 0.25) is 0 Å². The smallest absolute Gasteiger partial charge is 0.343 e. The van der Waals surface area contributed by atoms with E-state index in [1.807, 2.05) is 36.4 Å². The van der Waals surface area contributed by atoms with Gasteiger partial charge in [-0.3, -0.25) is 0 Å². The van der Waals surface area contributed by atoms with Crippen LogP contribution >= 0.6 is 0 Å². The first-order chi connectivity index (χ1) is 17.1. The van der Waals surface area contributed by atoms with Gasteiger partial charge in [-0.2, -0.15) is 0 Å². The number of esters is 2. The van der Waals surface area contributed by atoms with Crippen LogP contribution in [0.2, 0.25) is 0 Å². The molecule has 4 heteroatoms. The van der Waals surface area contributed by atoms with Crippen LogP contribution < -0.4 is 9.47 Å². The van der Waals surface area contributed by atoms with Crippen molar-refractivity contribution in [2.45, 2.75) is 5.41 Å². The van der Waals surface area contributed by atoms with Gasteiger partial charge >= 0.3 is 11.9 Å². The van der Waals surface area contributed by atoms with Crippen LogP contribution in [0.25, 0.3) is 12.2 Å². The van der Waals surface area contributed by atoms with E-state index in [4.69, 9.17) is 9.47 Å². The Hall–Kier alpha value is -4.70. The van der Waals surface area contributed by atoms with Gasteiger partial charge in [0, 0.05) is 0 Å². The van der Waals surface area contributed by atoms with Crippen molar-refractivity contribution in [3.8, 4) is 11.5 Å². The molecule has 4 aromatic carbocycles. The van der Waals surface area contributed by atoms with Crippen molar-refractivity contribution in [2.24, 2.45) is 0 Å². The maximum Gasteiger partial charge on any atom is 0.343 e. The Morgan fingerprint density at radius 3 is 1.40 bits per heavy atom. The van der Waals surface area contributed by atoms with Gasteiger partial charge in [-0.25, -0.2) is 9.59 Å². The van der Waals surface area contributed by atoms with Gasteiger partial charge in [0.25, 0.3) is 0 Å². The average Bonchev–Trinajstić information content (AvgIpc) is 3.46. The molecule has 0 atom stereocenters. The summed E-state index contributed by atoms with van der Waals surface area (Å²) in [7, 11) is 0. The molecule has 2 aliphatic carbocycles. The van der Waals surface area contributed by atoms with E-state index in [1.165, 1.54) is 0 Å². The van der Waals surface area contributed by atoms with Crippen molar-refractivity contribution in [1.29, 1.82) is 0 Å². The summed E-state index contributed by atoms with van der Waals surface area (Å²) < 4.78 is 11.4. The third-order valence-electron chi connectivity index (χ3n) is 6.43. The molecule has 1 spiro atoms. The Morgan fingerprint density at radius 2 is 0.971 bits per heavy atom. The standard InChI is InChI=1S/C31H20O4/c32-29(23-7-3-1-4-8-23)34-25-13-11-21-15-17-31(27(21)19-25)18-16-22-12-14-26(20-28(22)31)35-30(33)24-9-5-2-6-10-24/h1-20H. The number of hydrogen-bond donors (Lipinski definition) is 0. The number of rotatable bonds is 4. The zero-order chi connectivity index (χ0) is 23.8. The van der Waals surface area contributed by atoms with Gasteiger partial charge in [0.15, 0.2) is 0 Å². The molecule has 0 radical (unpaired) electrons. The summed E-state index contributed by atoms with van der Waals surface area (Å²) in [5.41, 5.74) is 4.60. The lowest BCUT2D eigenvalue weighted by atomic mass is 9.78. The lowest BCUT2D eigenvalue weighted by molar-refractivity contribution is 0.0725. The summed E-state index contributed by atoms with van der Waals surface area (Å²) in [6, 6.07) is 29.2. The number of hydrogen-bond acceptors (Lipinski definition) is 4. The fourth-order valence-electron chi connectivity index (χ4n) is 4.69. The third kappa shape index (κ3) is 3.65. The number of carbonyl (C=O) groups excluding carboxylic acids is 2. The largest absolute Gasteiger partial charge is 0.423 e. The Kier molecular flexibility index (Phi) is 4.93. The fourth-order valence-corrected chi connectivity index (χ4v) is 4.69. The Morgan fingerprint density at radius 1 is 0.543 bits per heavy atom. The van der Waals surface area contributed by atoms with E-state index in [-0.39, 0.29) is 0 Å². The number of allylic oxidation sites excluding steroid dienone is 2. The molecule has 6 rings (SSSR count). The van der Waals surface area contributed by atoms with E-state index >= 15 is 0 Å². The van der Waals surface area contributed by atoms with E-state index in [0.29, 0.717) is 22.6 Å². The highest BCUT2D eigenvalue weighted by Gasteiger charge is 2.39. The molecular formula is C31H20O4.